The smallest absolute Gasteiger partial charge is 0.244 e. The van der Waals surface area contributed by atoms with Gasteiger partial charge in [-0.2, -0.15) is 0 Å². The lowest BCUT2D eigenvalue weighted by atomic mass is 10.1. The molecule has 5 nitrogen and oxygen atoms in total. The Balaban J connectivity index is 2.11. The Morgan fingerprint density at radius 3 is 2.12 bits per heavy atom. The Kier molecular flexibility index (Phi) is 5.58. The molecule has 0 spiro atoms. The molecule has 0 heterocycles. The minimum Gasteiger partial charge on any atom is -0.497 e. The molecular formula is C19H22N2O3. The van der Waals surface area contributed by atoms with E-state index in [0.717, 1.165) is 16.8 Å². The molecule has 0 radical (unpaired) electrons. The van der Waals surface area contributed by atoms with Crippen molar-refractivity contribution in [3.63, 3.8) is 0 Å². The predicted molar refractivity (Wildman–Crippen MR) is 95.6 cm³/mol. The molecule has 0 atom stereocenters. The quantitative estimate of drug-likeness (QED) is 0.917. The first-order chi connectivity index (χ1) is 11.4. The molecule has 0 aliphatic rings. The van der Waals surface area contributed by atoms with Crippen LogP contribution < -0.4 is 15.0 Å². The molecule has 0 saturated heterocycles. The van der Waals surface area contributed by atoms with Gasteiger partial charge >= 0.3 is 0 Å². The Hall–Kier alpha value is -2.82. The van der Waals surface area contributed by atoms with Crippen molar-refractivity contribution >= 4 is 23.2 Å². The van der Waals surface area contributed by atoms with Crippen molar-refractivity contribution in [1.82, 2.24) is 0 Å². The Labute approximate surface area is 142 Å². The third kappa shape index (κ3) is 4.59. The van der Waals surface area contributed by atoms with E-state index in [-0.39, 0.29) is 18.4 Å². The van der Waals surface area contributed by atoms with Crippen molar-refractivity contribution in [2.24, 2.45) is 0 Å². The number of aryl methyl sites for hydroxylation is 2. The van der Waals surface area contributed by atoms with Crippen LogP contribution in [0.1, 0.15) is 18.1 Å². The molecule has 0 aliphatic carbocycles. The molecule has 2 aromatic rings. The molecule has 2 aromatic carbocycles. The fourth-order valence-electron chi connectivity index (χ4n) is 2.51. The topological polar surface area (TPSA) is 58.6 Å². The number of carbonyl (C=O) groups is 2. The van der Waals surface area contributed by atoms with Crippen molar-refractivity contribution in [3.05, 3.63) is 53.6 Å². The third-order valence-electron chi connectivity index (χ3n) is 3.57. The molecule has 0 aromatic heterocycles. The number of hydrogen-bond donors (Lipinski definition) is 1. The van der Waals surface area contributed by atoms with Gasteiger partial charge in [-0.15, -0.1) is 0 Å². The van der Waals surface area contributed by atoms with Crippen LogP contribution in [0.4, 0.5) is 11.4 Å². The van der Waals surface area contributed by atoms with Gasteiger partial charge in [0.1, 0.15) is 12.3 Å². The SMILES string of the molecule is COc1ccc(NC(=O)CN(C(C)=O)c2cc(C)cc(C)c2)cc1. The standard InChI is InChI=1S/C19H22N2O3/c1-13-9-14(2)11-17(10-13)21(15(3)22)12-19(23)20-16-5-7-18(24-4)8-6-16/h5-11H,12H2,1-4H3,(H,20,23). The Bertz CT molecular complexity index is 719. The van der Waals surface area contributed by atoms with Crippen molar-refractivity contribution in [2.45, 2.75) is 20.8 Å². The summed E-state index contributed by atoms with van der Waals surface area (Å²) < 4.78 is 5.08. The van der Waals surface area contributed by atoms with Gasteiger partial charge in [0.05, 0.1) is 7.11 Å². The molecule has 0 unspecified atom stereocenters. The molecule has 126 valence electrons. The van der Waals surface area contributed by atoms with Gasteiger partial charge in [0.15, 0.2) is 0 Å². The van der Waals surface area contributed by atoms with Gasteiger partial charge in [-0.3, -0.25) is 9.59 Å². The molecule has 2 rings (SSSR count). The summed E-state index contributed by atoms with van der Waals surface area (Å²) in [7, 11) is 1.59. The largest absolute Gasteiger partial charge is 0.497 e. The second-order valence-electron chi connectivity index (χ2n) is 5.73. The maximum absolute atomic E-state index is 12.3. The van der Waals surface area contributed by atoms with Gasteiger partial charge < -0.3 is 15.0 Å². The van der Waals surface area contributed by atoms with Gasteiger partial charge in [-0.25, -0.2) is 0 Å². The summed E-state index contributed by atoms with van der Waals surface area (Å²) in [5, 5.41) is 2.79. The van der Waals surface area contributed by atoms with E-state index in [9.17, 15) is 9.59 Å². The lowest BCUT2D eigenvalue weighted by Crippen LogP contribution is -2.36. The van der Waals surface area contributed by atoms with Crippen molar-refractivity contribution in [2.75, 3.05) is 23.9 Å². The zero-order chi connectivity index (χ0) is 17.7. The zero-order valence-electron chi connectivity index (χ0n) is 14.4. The maximum atomic E-state index is 12.3. The van der Waals surface area contributed by atoms with E-state index in [1.807, 2.05) is 32.0 Å². The predicted octanol–water partition coefficient (Wildman–Crippen LogP) is 3.30. The molecule has 24 heavy (non-hydrogen) atoms. The molecule has 1 N–H and O–H groups in total. The van der Waals surface area contributed by atoms with Crippen LogP contribution >= 0.6 is 0 Å². The van der Waals surface area contributed by atoms with Crippen LogP contribution in [0.15, 0.2) is 42.5 Å². The second-order valence-corrected chi connectivity index (χ2v) is 5.73. The number of amides is 2. The van der Waals surface area contributed by atoms with Gasteiger partial charge in [0, 0.05) is 18.3 Å². The summed E-state index contributed by atoms with van der Waals surface area (Å²) in [5.41, 5.74) is 3.48. The van der Waals surface area contributed by atoms with Crippen molar-refractivity contribution < 1.29 is 14.3 Å². The average molecular weight is 326 g/mol. The second kappa shape index (κ2) is 7.64. The fraction of sp³-hybridized carbons (Fsp3) is 0.263. The van der Waals surface area contributed by atoms with E-state index < -0.39 is 0 Å². The molecule has 0 bridgehead atoms. The monoisotopic (exact) mass is 326 g/mol. The number of hydrogen-bond acceptors (Lipinski definition) is 3. The highest BCUT2D eigenvalue weighted by Crippen LogP contribution is 2.20. The lowest BCUT2D eigenvalue weighted by Gasteiger charge is -2.21. The van der Waals surface area contributed by atoms with Gasteiger partial charge in [0.25, 0.3) is 0 Å². The summed E-state index contributed by atoms with van der Waals surface area (Å²) in [6, 6.07) is 12.9. The summed E-state index contributed by atoms with van der Waals surface area (Å²) in [4.78, 5) is 25.7. The van der Waals surface area contributed by atoms with E-state index >= 15 is 0 Å². The molecule has 0 saturated carbocycles. The molecule has 0 fully saturated rings. The van der Waals surface area contributed by atoms with Crippen LogP contribution in [0.3, 0.4) is 0 Å². The number of benzene rings is 2. The summed E-state index contributed by atoms with van der Waals surface area (Å²) in [6.07, 6.45) is 0. The minimum atomic E-state index is -0.255. The molecular weight excluding hydrogens is 304 g/mol. The summed E-state index contributed by atoms with van der Waals surface area (Å²) >= 11 is 0. The van der Waals surface area contributed by atoms with E-state index in [0.29, 0.717) is 11.4 Å². The highest BCUT2D eigenvalue weighted by Gasteiger charge is 2.16. The van der Waals surface area contributed by atoms with Gasteiger partial charge in [-0.1, -0.05) is 6.07 Å². The molecule has 0 aliphatic heterocycles. The number of rotatable bonds is 5. The van der Waals surface area contributed by atoms with E-state index in [1.165, 1.54) is 11.8 Å². The van der Waals surface area contributed by atoms with Crippen LogP contribution in [-0.4, -0.2) is 25.5 Å². The zero-order valence-corrected chi connectivity index (χ0v) is 14.4. The third-order valence-corrected chi connectivity index (χ3v) is 3.57. The number of nitrogens with one attached hydrogen (secondary N) is 1. The maximum Gasteiger partial charge on any atom is 0.244 e. The first kappa shape index (κ1) is 17.5. The number of nitrogens with zero attached hydrogens (tertiary/aromatic N) is 1. The lowest BCUT2D eigenvalue weighted by molar-refractivity contribution is -0.120. The fourth-order valence-corrected chi connectivity index (χ4v) is 2.51. The highest BCUT2D eigenvalue weighted by atomic mass is 16.5. The molecule has 5 heteroatoms. The van der Waals surface area contributed by atoms with Crippen molar-refractivity contribution in [3.8, 4) is 5.75 Å². The average Bonchev–Trinajstić information content (AvgIpc) is 2.52. The number of anilines is 2. The van der Waals surface area contributed by atoms with Crippen molar-refractivity contribution in [1.29, 1.82) is 0 Å². The first-order valence-electron chi connectivity index (χ1n) is 7.69. The van der Waals surface area contributed by atoms with Crippen LogP contribution in [-0.2, 0) is 9.59 Å². The highest BCUT2D eigenvalue weighted by molar-refractivity contribution is 6.01. The summed E-state index contributed by atoms with van der Waals surface area (Å²) in [6.45, 7) is 5.35. The molecule has 2 amide bonds. The number of methoxy groups -OCH3 is 1. The van der Waals surface area contributed by atoms with Crippen LogP contribution in [0.5, 0.6) is 5.75 Å². The first-order valence-corrected chi connectivity index (χ1v) is 7.69. The van der Waals surface area contributed by atoms with Crippen LogP contribution in [0.2, 0.25) is 0 Å². The van der Waals surface area contributed by atoms with Crippen LogP contribution in [0, 0.1) is 13.8 Å². The number of ether oxygens (including phenoxy) is 1. The Morgan fingerprint density at radius 1 is 1.04 bits per heavy atom. The minimum absolute atomic E-state index is 0.0374. The van der Waals surface area contributed by atoms with E-state index in [1.54, 1.807) is 31.4 Å². The Morgan fingerprint density at radius 2 is 1.62 bits per heavy atom. The van der Waals surface area contributed by atoms with Gasteiger partial charge in [0.2, 0.25) is 11.8 Å². The van der Waals surface area contributed by atoms with E-state index in [4.69, 9.17) is 4.74 Å². The number of carbonyl (C=O) groups excluding carboxylic acids is 2. The normalized spacial score (nSPS) is 10.2. The van der Waals surface area contributed by atoms with Crippen LogP contribution in [0.25, 0.3) is 0 Å². The summed E-state index contributed by atoms with van der Waals surface area (Å²) in [5.74, 6) is 0.285. The van der Waals surface area contributed by atoms with E-state index in [2.05, 4.69) is 5.32 Å². The van der Waals surface area contributed by atoms with Gasteiger partial charge in [-0.05, 0) is 61.4 Å².